The molecule has 0 aromatic heterocycles. The highest BCUT2D eigenvalue weighted by Crippen LogP contribution is 2.26. The molecule has 1 rings (SSSR count). The van der Waals surface area contributed by atoms with Crippen molar-refractivity contribution in [3.8, 4) is 0 Å². The molecule has 0 aromatic rings. The van der Waals surface area contributed by atoms with E-state index in [0.717, 1.165) is 12.8 Å². The number of hydrogen-bond donors (Lipinski definition) is 2. The SMILES string of the molecule is NCCN.O=[P+]1OCCCCO1.[Al]. The number of hydrogen-bond acceptors (Lipinski definition) is 5. The molecule has 7 heteroatoms. The van der Waals surface area contributed by atoms with Gasteiger partial charge in [-0.05, 0) is 12.8 Å². The monoisotopic (exact) mass is 222 g/mol. The summed E-state index contributed by atoms with van der Waals surface area (Å²) in [5.74, 6) is 0. The molecular weight excluding hydrogens is 206 g/mol. The largest absolute Gasteiger partial charge is 0.697 e. The predicted molar refractivity (Wildman–Crippen MR) is 52.6 cm³/mol. The molecule has 0 saturated carbocycles. The van der Waals surface area contributed by atoms with Gasteiger partial charge >= 0.3 is 8.25 Å². The fourth-order valence-corrected chi connectivity index (χ4v) is 1.15. The van der Waals surface area contributed by atoms with Crippen molar-refractivity contribution in [1.82, 2.24) is 0 Å². The third-order valence-corrected chi connectivity index (χ3v) is 1.89. The minimum Gasteiger partial charge on any atom is -0.329 e. The molecule has 1 aliphatic heterocycles. The summed E-state index contributed by atoms with van der Waals surface area (Å²) in [6, 6.07) is 0. The Morgan fingerprint density at radius 3 is 1.77 bits per heavy atom. The molecule has 13 heavy (non-hydrogen) atoms. The molecular formula is C6H16AlN2O3P+. The summed E-state index contributed by atoms with van der Waals surface area (Å²) in [4.78, 5) is 0. The Bertz CT molecular complexity index is 116. The molecule has 3 radical (unpaired) electrons. The van der Waals surface area contributed by atoms with Crippen molar-refractivity contribution in [1.29, 1.82) is 0 Å². The zero-order chi connectivity index (χ0) is 9.23. The van der Waals surface area contributed by atoms with Crippen LogP contribution >= 0.6 is 8.25 Å². The topological polar surface area (TPSA) is 87.6 Å². The summed E-state index contributed by atoms with van der Waals surface area (Å²) in [7, 11) is -1.77. The summed E-state index contributed by atoms with van der Waals surface area (Å²) in [5, 5.41) is 0. The highest BCUT2D eigenvalue weighted by molar-refractivity contribution is 7.33. The highest BCUT2D eigenvalue weighted by Gasteiger charge is 2.21. The van der Waals surface area contributed by atoms with E-state index in [9.17, 15) is 4.57 Å². The molecule has 0 bridgehead atoms. The zero-order valence-corrected chi connectivity index (χ0v) is 9.70. The van der Waals surface area contributed by atoms with Crippen LogP contribution in [0.15, 0.2) is 0 Å². The summed E-state index contributed by atoms with van der Waals surface area (Å²) >= 11 is 0. The average Bonchev–Trinajstić information content (AvgIpc) is 2.33. The van der Waals surface area contributed by atoms with Crippen LogP contribution < -0.4 is 11.5 Å². The molecule has 1 aliphatic rings. The van der Waals surface area contributed by atoms with Crippen LogP contribution in [0.4, 0.5) is 0 Å². The van der Waals surface area contributed by atoms with E-state index in [-0.39, 0.29) is 17.4 Å². The van der Waals surface area contributed by atoms with E-state index in [4.69, 9.17) is 11.5 Å². The smallest absolute Gasteiger partial charge is 0.329 e. The molecule has 0 aromatic carbocycles. The Labute approximate surface area is 90.2 Å². The lowest BCUT2D eigenvalue weighted by Gasteiger charge is -1.79. The van der Waals surface area contributed by atoms with Crippen LogP contribution in [0.5, 0.6) is 0 Å². The second kappa shape index (κ2) is 12.5. The maximum atomic E-state index is 10.4. The summed E-state index contributed by atoms with van der Waals surface area (Å²) < 4.78 is 19.8. The lowest BCUT2D eigenvalue weighted by molar-refractivity contribution is 0.263. The van der Waals surface area contributed by atoms with E-state index in [0.29, 0.717) is 26.3 Å². The van der Waals surface area contributed by atoms with E-state index in [2.05, 4.69) is 9.05 Å². The number of nitrogens with two attached hydrogens (primary N) is 2. The van der Waals surface area contributed by atoms with Crippen LogP contribution in [-0.2, 0) is 13.6 Å². The van der Waals surface area contributed by atoms with Gasteiger partial charge in [-0.1, -0.05) is 0 Å². The molecule has 1 saturated heterocycles. The first-order valence-electron chi connectivity index (χ1n) is 3.94. The molecule has 0 spiro atoms. The van der Waals surface area contributed by atoms with Crippen molar-refractivity contribution in [2.75, 3.05) is 26.3 Å². The first-order valence-corrected chi connectivity index (χ1v) is 5.04. The van der Waals surface area contributed by atoms with Crippen LogP contribution in [-0.4, -0.2) is 43.7 Å². The van der Waals surface area contributed by atoms with Gasteiger partial charge in [0.1, 0.15) is 13.2 Å². The van der Waals surface area contributed by atoms with Crippen LogP contribution in [0.3, 0.4) is 0 Å². The molecule has 0 aliphatic carbocycles. The summed E-state index contributed by atoms with van der Waals surface area (Å²) in [6.45, 7) is 2.35. The van der Waals surface area contributed by atoms with E-state index in [1.165, 1.54) is 0 Å². The standard InChI is InChI=1S/C4H8O3P.C2H8N2.Al/c5-8-6-3-1-2-4-7-8;3-1-2-4;/h1-4H2;1-4H2;/q+1;;. The van der Waals surface area contributed by atoms with Gasteiger partial charge in [-0.15, -0.1) is 9.05 Å². The summed E-state index contributed by atoms with van der Waals surface area (Å²) in [6.07, 6.45) is 1.92. The van der Waals surface area contributed by atoms with Crippen LogP contribution in [0.2, 0.25) is 0 Å². The highest BCUT2D eigenvalue weighted by atomic mass is 31.1. The Morgan fingerprint density at radius 1 is 1.08 bits per heavy atom. The van der Waals surface area contributed by atoms with Crippen molar-refractivity contribution in [3.05, 3.63) is 0 Å². The van der Waals surface area contributed by atoms with Crippen LogP contribution in [0.25, 0.3) is 0 Å². The third kappa shape index (κ3) is 12.5. The van der Waals surface area contributed by atoms with Crippen molar-refractivity contribution < 1.29 is 13.6 Å². The Balaban J connectivity index is 0. The van der Waals surface area contributed by atoms with Crippen LogP contribution in [0, 0.1) is 0 Å². The van der Waals surface area contributed by atoms with E-state index >= 15 is 0 Å². The van der Waals surface area contributed by atoms with Gasteiger partial charge in [0.2, 0.25) is 0 Å². The third-order valence-electron chi connectivity index (χ3n) is 1.10. The molecule has 0 unspecified atom stereocenters. The molecule has 0 amide bonds. The minimum absolute atomic E-state index is 0. The van der Waals surface area contributed by atoms with Crippen molar-refractivity contribution in [2.45, 2.75) is 12.8 Å². The maximum absolute atomic E-state index is 10.4. The average molecular weight is 222 g/mol. The van der Waals surface area contributed by atoms with Gasteiger partial charge in [0, 0.05) is 35.0 Å². The van der Waals surface area contributed by atoms with Gasteiger partial charge in [0.15, 0.2) is 0 Å². The second-order valence-corrected chi connectivity index (χ2v) is 3.14. The van der Waals surface area contributed by atoms with Gasteiger partial charge in [-0.3, -0.25) is 0 Å². The van der Waals surface area contributed by atoms with E-state index in [1.54, 1.807) is 0 Å². The zero-order valence-electron chi connectivity index (χ0n) is 7.65. The quantitative estimate of drug-likeness (QED) is 0.481. The Morgan fingerprint density at radius 2 is 1.46 bits per heavy atom. The molecule has 0 atom stereocenters. The van der Waals surface area contributed by atoms with Gasteiger partial charge in [0.05, 0.1) is 0 Å². The maximum Gasteiger partial charge on any atom is 0.697 e. The van der Waals surface area contributed by atoms with Crippen molar-refractivity contribution in [3.63, 3.8) is 0 Å². The lowest BCUT2D eigenvalue weighted by atomic mass is 10.3. The predicted octanol–water partition coefficient (Wildman–Crippen LogP) is -0.00620. The fourth-order valence-electron chi connectivity index (χ4n) is 0.520. The van der Waals surface area contributed by atoms with Gasteiger partial charge in [-0.2, -0.15) is 0 Å². The normalized spacial score (nSPS) is 16.3. The summed E-state index contributed by atoms with van der Waals surface area (Å²) in [5.41, 5.74) is 9.81. The first-order chi connectivity index (χ1) is 5.81. The van der Waals surface area contributed by atoms with E-state index in [1.807, 2.05) is 0 Å². The molecule has 1 heterocycles. The molecule has 5 nitrogen and oxygen atoms in total. The van der Waals surface area contributed by atoms with Gasteiger partial charge in [0.25, 0.3) is 0 Å². The number of rotatable bonds is 1. The molecule has 4 N–H and O–H groups in total. The van der Waals surface area contributed by atoms with Gasteiger partial charge < -0.3 is 11.5 Å². The fraction of sp³-hybridized carbons (Fsp3) is 1.00. The molecule has 1 fully saturated rings. The van der Waals surface area contributed by atoms with Crippen LogP contribution in [0.1, 0.15) is 12.8 Å². The van der Waals surface area contributed by atoms with Crippen molar-refractivity contribution >= 4 is 25.6 Å². The first kappa shape index (κ1) is 15.9. The van der Waals surface area contributed by atoms with Gasteiger partial charge in [-0.25, -0.2) is 0 Å². The lowest BCUT2D eigenvalue weighted by Crippen LogP contribution is -2.11. The Hall–Kier alpha value is 0.472. The van der Waals surface area contributed by atoms with Crippen molar-refractivity contribution in [2.24, 2.45) is 11.5 Å². The second-order valence-electron chi connectivity index (χ2n) is 2.17. The Kier molecular flexibility index (Phi) is 15.3. The van der Waals surface area contributed by atoms with E-state index < -0.39 is 8.25 Å². The minimum atomic E-state index is -1.77. The molecule has 75 valence electrons.